The van der Waals surface area contributed by atoms with E-state index in [-0.39, 0.29) is 11.9 Å². The molecule has 0 saturated heterocycles. The number of rotatable bonds is 5. The molecule has 84 valence electrons. The molecule has 1 rings (SSSR count). The third kappa shape index (κ3) is 3.29. The van der Waals surface area contributed by atoms with Crippen molar-refractivity contribution in [3.63, 3.8) is 0 Å². The lowest BCUT2D eigenvalue weighted by atomic mass is 10.0. The van der Waals surface area contributed by atoms with Gasteiger partial charge in [0.15, 0.2) is 0 Å². The number of nitrogens with one attached hydrogen (secondary N) is 1. The van der Waals surface area contributed by atoms with Crippen LogP contribution in [0.5, 0.6) is 0 Å². The first-order chi connectivity index (χ1) is 7.19. The van der Waals surface area contributed by atoms with Gasteiger partial charge in [0, 0.05) is 12.6 Å². The molecule has 3 N–H and O–H groups in total. The molecule has 2 nitrogen and oxygen atoms in total. The minimum absolute atomic E-state index is 0.130. The fourth-order valence-electron chi connectivity index (χ4n) is 1.67. The molecule has 0 aliphatic carbocycles. The Labute approximate surface area is 90.7 Å². The topological polar surface area (TPSA) is 38.0 Å². The molecule has 3 heteroatoms. The summed E-state index contributed by atoms with van der Waals surface area (Å²) in [6, 6.07) is 4.97. The van der Waals surface area contributed by atoms with E-state index in [2.05, 4.69) is 12.2 Å². The second-order valence-corrected chi connectivity index (χ2v) is 3.74. The first kappa shape index (κ1) is 12.1. The van der Waals surface area contributed by atoms with Gasteiger partial charge in [0.25, 0.3) is 0 Å². The first-order valence-electron chi connectivity index (χ1n) is 5.38. The number of aryl methyl sites for hydroxylation is 1. The van der Waals surface area contributed by atoms with E-state index in [0.717, 1.165) is 24.1 Å². The van der Waals surface area contributed by atoms with Gasteiger partial charge in [0.05, 0.1) is 0 Å². The van der Waals surface area contributed by atoms with Crippen LogP contribution in [0.3, 0.4) is 0 Å². The highest BCUT2D eigenvalue weighted by Crippen LogP contribution is 2.17. The molecule has 0 fully saturated rings. The maximum atomic E-state index is 12.9. The molecule has 0 aliphatic rings. The van der Waals surface area contributed by atoms with E-state index in [1.807, 2.05) is 13.0 Å². The molecule has 0 aromatic heterocycles. The minimum atomic E-state index is -0.192. The lowest BCUT2D eigenvalue weighted by molar-refractivity contribution is 0.536. The van der Waals surface area contributed by atoms with E-state index in [4.69, 9.17) is 5.73 Å². The molecule has 0 heterocycles. The molecule has 1 unspecified atom stereocenters. The van der Waals surface area contributed by atoms with Crippen molar-refractivity contribution in [1.29, 1.82) is 0 Å². The number of halogens is 1. The first-order valence-corrected chi connectivity index (χ1v) is 5.38. The number of nitrogens with two attached hydrogens (primary N) is 1. The summed E-state index contributed by atoms with van der Waals surface area (Å²) in [5.41, 5.74) is 7.74. The zero-order chi connectivity index (χ0) is 11.3. The summed E-state index contributed by atoms with van der Waals surface area (Å²) in [7, 11) is 0. The third-order valence-corrected chi connectivity index (χ3v) is 2.48. The standard InChI is InChI=1S/C12H19FN2/c1-3-6-15-12(8-14)11-5-4-10(13)7-9(11)2/h4-5,7,12,15H,3,6,8,14H2,1-2H3. The summed E-state index contributed by atoms with van der Waals surface area (Å²) in [5.74, 6) is -0.192. The molecule has 1 aromatic carbocycles. The van der Waals surface area contributed by atoms with Crippen LogP contribution < -0.4 is 11.1 Å². The van der Waals surface area contributed by atoms with Crippen molar-refractivity contribution in [3.8, 4) is 0 Å². The molecule has 0 aliphatic heterocycles. The van der Waals surface area contributed by atoms with E-state index >= 15 is 0 Å². The Balaban J connectivity index is 2.81. The van der Waals surface area contributed by atoms with E-state index in [1.54, 1.807) is 6.07 Å². The van der Waals surface area contributed by atoms with Crippen molar-refractivity contribution in [3.05, 3.63) is 35.1 Å². The molecular formula is C12H19FN2. The Morgan fingerprint density at radius 1 is 1.47 bits per heavy atom. The minimum Gasteiger partial charge on any atom is -0.329 e. The quantitative estimate of drug-likeness (QED) is 0.781. The van der Waals surface area contributed by atoms with Gasteiger partial charge in [-0.05, 0) is 43.1 Å². The predicted octanol–water partition coefficient (Wildman–Crippen LogP) is 2.13. The molecule has 1 atom stereocenters. The highest BCUT2D eigenvalue weighted by atomic mass is 19.1. The fourth-order valence-corrected chi connectivity index (χ4v) is 1.67. The van der Waals surface area contributed by atoms with Crippen LogP contribution in [0.25, 0.3) is 0 Å². The van der Waals surface area contributed by atoms with Gasteiger partial charge < -0.3 is 11.1 Å². The monoisotopic (exact) mass is 210 g/mol. The van der Waals surface area contributed by atoms with Crippen LogP contribution in [0, 0.1) is 12.7 Å². The highest BCUT2D eigenvalue weighted by molar-refractivity contribution is 5.29. The zero-order valence-electron chi connectivity index (χ0n) is 9.39. The van der Waals surface area contributed by atoms with Gasteiger partial charge in [0.2, 0.25) is 0 Å². The number of hydrogen-bond donors (Lipinski definition) is 2. The summed E-state index contributed by atoms with van der Waals surface area (Å²) >= 11 is 0. The maximum Gasteiger partial charge on any atom is 0.123 e. The van der Waals surface area contributed by atoms with Crippen LogP contribution in [-0.4, -0.2) is 13.1 Å². The Bertz CT molecular complexity index is 312. The molecule has 0 bridgehead atoms. The summed E-state index contributed by atoms with van der Waals surface area (Å²) in [6.07, 6.45) is 1.07. The van der Waals surface area contributed by atoms with Crippen molar-refractivity contribution in [2.24, 2.45) is 5.73 Å². The molecular weight excluding hydrogens is 191 g/mol. The fraction of sp³-hybridized carbons (Fsp3) is 0.500. The zero-order valence-corrected chi connectivity index (χ0v) is 9.39. The van der Waals surface area contributed by atoms with Crippen molar-refractivity contribution >= 4 is 0 Å². The van der Waals surface area contributed by atoms with Gasteiger partial charge in [-0.25, -0.2) is 4.39 Å². The van der Waals surface area contributed by atoms with Crippen LogP contribution in [0.2, 0.25) is 0 Å². The summed E-state index contributed by atoms with van der Waals surface area (Å²) in [5, 5.41) is 3.35. The number of hydrogen-bond acceptors (Lipinski definition) is 2. The normalized spacial score (nSPS) is 12.8. The van der Waals surface area contributed by atoms with Gasteiger partial charge in [-0.2, -0.15) is 0 Å². The lowest BCUT2D eigenvalue weighted by Crippen LogP contribution is -2.29. The van der Waals surface area contributed by atoms with Gasteiger partial charge >= 0.3 is 0 Å². The maximum absolute atomic E-state index is 12.9. The Hall–Kier alpha value is -0.930. The highest BCUT2D eigenvalue weighted by Gasteiger charge is 2.11. The Morgan fingerprint density at radius 3 is 2.73 bits per heavy atom. The van der Waals surface area contributed by atoms with E-state index in [0.29, 0.717) is 6.54 Å². The molecule has 0 saturated carbocycles. The Kier molecular flexibility index (Phi) is 4.72. The van der Waals surface area contributed by atoms with E-state index in [9.17, 15) is 4.39 Å². The molecule has 1 aromatic rings. The van der Waals surface area contributed by atoms with Gasteiger partial charge in [0.1, 0.15) is 5.82 Å². The predicted molar refractivity (Wildman–Crippen MR) is 61.2 cm³/mol. The third-order valence-electron chi connectivity index (χ3n) is 2.48. The lowest BCUT2D eigenvalue weighted by Gasteiger charge is -2.19. The number of benzene rings is 1. The SMILES string of the molecule is CCCNC(CN)c1ccc(F)cc1C. The van der Waals surface area contributed by atoms with Crippen molar-refractivity contribution in [1.82, 2.24) is 5.32 Å². The van der Waals surface area contributed by atoms with Crippen molar-refractivity contribution < 1.29 is 4.39 Å². The van der Waals surface area contributed by atoms with Crippen LogP contribution in [0.15, 0.2) is 18.2 Å². The summed E-state index contributed by atoms with van der Waals surface area (Å²) < 4.78 is 12.9. The summed E-state index contributed by atoms with van der Waals surface area (Å²) in [4.78, 5) is 0. The second-order valence-electron chi connectivity index (χ2n) is 3.74. The van der Waals surface area contributed by atoms with Crippen LogP contribution in [-0.2, 0) is 0 Å². The van der Waals surface area contributed by atoms with Gasteiger partial charge in [-0.1, -0.05) is 13.0 Å². The smallest absolute Gasteiger partial charge is 0.123 e. The molecule has 0 spiro atoms. The Morgan fingerprint density at radius 2 is 2.20 bits per heavy atom. The average molecular weight is 210 g/mol. The van der Waals surface area contributed by atoms with Crippen LogP contribution in [0.4, 0.5) is 4.39 Å². The summed E-state index contributed by atoms with van der Waals surface area (Å²) in [6.45, 7) is 5.48. The van der Waals surface area contributed by atoms with Crippen molar-refractivity contribution in [2.75, 3.05) is 13.1 Å². The van der Waals surface area contributed by atoms with Crippen LogP contribution >= 0.6 is 0 Å². The van der Waals surface area contributed by atoms with Gasteiger partial charge in [-0.3, -0.25) is 0 Å². The van der Waals surface area contributed by atoms with E-state index < -0.39 is 0 Å². The molecule has 15 heavy (non-hydrogen) atoms. The van der Waals surface area contributed by atoms with Crippen molar-refractivity contribution in [2.45, 2.75) is 26.3 Å². The molecule has 0 amide bonds. The largest absolute Gasteiger partial charge is 0.329 e. The molecule has 0 radical (unpaired) electrons. The van der Waals surface area contributed by atoms with Crippen LogP contribution in [0.1, 0.15) is 30.5 Å². The second kappa shape index (κ2) is 5.83. The van der Waals surface area contributed by atoms with Gasteiger partial charge in [-0.15, -0.1) is 0 Å². The van der Waals surface area contributed by atoms with E-state index in [1.165, 1.54) is 6.07 Å². The average Bonchev–Trinajstić information content (AvgIpc) is 2.21.